The van der Waals surface area contributed by atoms with E-state index in [0.717, 1.165) is 45.6 Å². The molecule has 0 saturated heterocycles. The summed E-state index contributed by atoms with van der Waals surface area (Å²) in [6.07, 6.45) is -12.0. The minimum absolute atomic E-state index is 0.258. The summed E-state index contributed by atoms with van der Waals surface area (Å²) in [6, 6.07) is 23.3. The third-order valence-corrected chi connectivity index (χ3v) is 6.88. The fraction of sp³-hybridized carbons (Fsp3) is 0.188. The molecular weight excluding hydrogens is 630 g/mol. The van der Waals surface area contributed by atoms with Crippen LogP contribution >= 0.6 is 0 Å². The van der Waals surface area contributed by atoms with E-state index >= 15 is 0 Å². The van der Waals surface area contributed by atoms with Crippen LogP contribution in [0.3, 0.4) is 0 Å². The highest BCUT2D eigenvalue weighted by Crippen LogP contribution is 2.46. The largest absolute Gasteiger partial charge is 0.461 e. The summed E-state index contributed by atoms with van der Waals surface area (Å²) in [7, 11) is 0. The molecule has 0 radical (unpaired) electrons. The number of alkyl halides is 10. The molecule has 5 aromatic rings. The van der Waals surface area contributed by atoms with Gasteiger partial charge in [-0.25, -0.2) is 15.0 Å². The second-order valence-corrected chi connectivity index (χ2v) is 10.4. The zero-order valence-corrected chi connectivity index (χ0v) is 23.7. The predicted octanol–water partition coefficient (Wildman–Crippen LogP) is 9.86. The maximum absolute atomic E-state index is 14.0. The fourth-order valence-corrected chi connectivity index (χ4v) is 4.67. The highest BCUT2D eigenvalue weighted by atomic mass is 19.4. The second-order valence-electron chi connectivity index (χ2n) is 10.4. The van der Waals surface area contributed by atoms with Gasteiger partial charge in [0.1, 0.15) is 0 Å². The molecule has 0 aliphatic rings. The van der Waals surface area contributed by atoms with Crippen molar-refractivity contribution in [3.63, 3.8) is 0 Å². The molecule has 2 aromatic heterocycles. The molecule has 2 heterocycles. The maximum Gasteiger partial charge on any atom is 0.461 e. The Morgan fingerprint density at radius 1 is 0.478 bits per heavy atom. The predicted molar refractivity (Wildman–Crippen MR) is 149 cm³/mol. The molecule has 0 spiro atoms. The van der Waals surface area contributed by atoms with Crippen molar-refractivity contribution in [3.8, 4) is 44.9 Å². The van der Waals surface area contributed by atoms with Gasteiger partial charge in [0, 0.05) is 17.3 Å². The van der Waals surface area contributed by atoms with Gasteiger partial charge in [-0.05, 0) is 48.2 Å². The molecule has 3 aromatic carbocycles. The van der Waals surface area contributed by atoms with Crippen LogP contribution in [0.15, 0.2) is 85.1 Å². The summed E-state index contributed by atoms with van der Waals surface area (Å²) in [4.78, 5) is 12.1. The monoisotopic (exact) mass is 650 g/mol. The van der Waals surface area contributed by atoms with E-state index in [4.69, 9.17) is 0 Å². The molecule has 0 unspecified atom stereocenters. The molecule has 0 aliphatic carbocycles. The number of hydrogen-bond donors (Lipinski definition) is 0. The topological polar surface area (TPSA) is 51.6 Å². The van der Waals surface area contributed by atoms with Crippen LogP contribution in [0.4, 0.5) is 43.9 Å². The van der Waals surface area contributed by atoms with Gasteiger partial charge in [-0.2, -0.15) is 43.9 Å². The quantitative estimate of drug-likeness (QED) is 0.172. The summed E-state index contributed by atoms with van der Waals surface area (Å²) in [6.45, 7) is 4.00. The smallest absolute Gasteiger partial charge is 0.255 e. The van der Waals surface area contributed by atoms with Crippen molar-refractivity contribution < 1.29 is 43.9 Å². The second kappa shape index (κ2) is 11.5. The normalized spacial score (nSPS) is 12.8. The van der Waals surface area contributed by atoms with E-state index in [1.165, 1.54) is 6.07 Å². The van der Waals surface area contributed by atoms with Crippen molar-refractivity contribution in [3.05, 3.63) is 108 Å². The fourth-order valence-electron chi connectivity index (χ4n) is 4.67. The molecule has 0 amide bonds. The van der Waals surface area contributed by atoms with Gasteiger partial charge < -0.3 is 0 Å². The Labute approximate surface area is 254 Å². The molecule has 5 rings (SSSR count). The number of rotatable bonds is 6. The van der Waals surface area contributed by atoms with Gasteiger partial charge >= 0.3 is 24.2 Å². The number of benzene rings is 3. The Morgan fingerprint density at radius 2 is 0.935 bits per heavy atom. The van der Waals surface area contributed by atoms with Crippen LogP contribution in [0.1, 0.15) is 22.8 Å². The summed E-state index contributed by atoms with van der Waals surface area (Å²) >= 11 is 0. The van der Waals surface area contributed by atoms with Crippen molar-refractivity contribution >= 4 is 0 Å². The maximum atomic E-state index is 14.0. The third-order valence-electron chi connectivity index (χ3n) is 6.88. The Kier molecular flexibility index (Phi) is 8.12. The van der Waals surface area contributed by atoms with Crippen molar-refractivity contribution in [2.45, 2.75) is 38.0 Å². The molecule has 0 fully saturated rings. The third kappa shape index (κ3) is 6.15. The van der Waals surface area contributed by atoms with E-state index in [1.54, 1.807) is 12.1 Å². The van der Waals surface area contributed by atoms with Crippen LogP contribution in [0, 0.1) is 13.8 Å². The SMILES string of the molecule is Cc1cc(C)cc(-c2ccccc2-c2ccc(-c3ccc(-c4nc(C(F)(F)C(F)(F)F)nc(C(F)(F)C(F)(F)F)n4)cn3)cc2)c1. The van der Waals surface area contributed by atoms with Gasteiger partial charge in [-0.1, -0.05) is 77.9 Å². The average molecular weight is 651 g/mol. The molecule has 0 N–H and O–H groups in total. The molecule has 14 heteroatoms. The van der Waals surface area contributed by atoms with Crippen LogP contribution in [-0.4, -0.2) is 32.3 Å². The minimum Gasteiger partial charge on any atom is -0.255 e. The first-order valence-electron chi connectivity index (χ1n) is 13.3. The van der Waals surface area contributed by atoms with Gasteiger partial charge in [0.25, 0.3) is 0 Å². The Morgan fingerprint density at radius 3 is 1.39 bits per heavy atom. The van der Waals surface area contributed by atoms with Gasteiger partial charge in [-0.15, -0.1) is 0 Å². The van der Waals surface area contributed by atoms with E-state index in [-0.39, 0.29) is 5.69 Å². The van der Waals surface area contributed by atoms with E-state index in [9.17, 15) is 43.9 Å². The lowest BCUT2D eigenvalue weighted by Crippen LogP contribution is -2.39. The van der Waals surface area contributed by atoms with Crippen molar-refractivity contribution in [2.24, 2.45) is 0 Å². The Bertz CT molecular complexity index is 1820. The van der Waals surface area contributed by atoms with Gasteiger partial charge in [0.15, 0.2) is 5.82 Å². The molecule has 0 saturated carbocycles. The lowest BCUT2D eigenvalue weighted by molar-refractivity contribution is -0.297. The van der Waals surface area contributed by atoms with E-state index in [2.05, 4.69) is 38.1 Å². The number of hydrogen-bond acceptors (Lipinski definition) is 4. The number of aryl methyl sites for hydroxylation is 2. The van der Waals surface area contributed by atoms with E-state index in [1.807, 2.05) is 50.2 Å². The molecular formula is C32H20F10N4. The summed E-state index contributed by atoms with van der Waals surface area (Å²) in [5.41, 5.74) is 6.30. The molecule has 0 bridgehead atoms. The van der Waals surface area contributed by atoms with Crippen LogP contribution in [0.2, 0.25) is 0 Å². The molecule has 0 atom stereocenters. The van der Waals surface area contributed by atoms with Crippen LogP contribution < -0.4 is 0 Å². The lowest BCUT2D eigenvalue weighted by Gasteiger charge is -2.22. The zero-order valence-electron chi connectivity index (χ0n) is 23.7. The molecule has 238 valence electrons. The lowest BCUT2D eigenvalue weighted by atomic mass is 9.92. The first-order chi connectivity index (χ1) is 21.4. The number of pyridine rings is 1. The van der Waals surface area contributed by atoms with Crippen molar-refractivity contribution in [2.75, 3.05) is 0 Å². The first-order valence-corrected chi connectivity index (χ1v) is 13.3. The standard InChI is InChI=1S/C32H20F10N4/c1-17-13-18(2)15-22(14-17)24-6-4-3-5-23(24)19-7-9-20(10-8-19)25-12-11-21(16-43-25)26-44-27(29(33,34)31(37,38)39)46-28(45-26)30(35,36)32(40,41)42/h3-16H,1-2H3. The Balaban J connectivity index is 1.50. The molecule has 4 nitrogen and oxygen atoms in total. The average Bonchev–Trinajstić information content (AvgIpc) is 2.99. The van der Waals surface area contributed by atoms with Gasteiger partial charge in [0.05, 0.1) is 5.69 Å². The van der Waals surface area contributed by atoms with Crippen LogP contribution in [0.25, 0.3) is 44.9 Å². The Hall–Kier alpha value is -4.88. The minimum atomic E-state index is -6.40. The van der Waals surface area contributed by atoms with Crippen LogP contribution in [-0.2, 0) is 11.8 Å². The number of nitrogens with zero attached hydrogens (tertiary/aromatic N) is 4. The zero-order chi connectivity index (χ0) is 33.7. The van der Waals surface area contributed by atoms with E-state index in [0.29, 0.717) is 5.56 Å². The van der Waals surface area contributed by atoms with Crippen LogP contribution in [0.5, 0.6) is 0 Å². The molecule has 46 heavy (non-hydrogen) atoms. The summed E-state index contributed by atoms with van der Waals surface area (Å²) in [5.74, 6) is -18.5. The highest BCUT2D eigenvalue weighted by Gasteiger charge is 2.64. The summed E-state index contributed by atoms with van der Waals surface area (Å²) < 4.78 is 134. The molecule has 0 aliphatic heterocycles. The van der Waals surface area contributed by atoms with E-state index < -0.39 is 47.2 Å². The highest BCUT2D eigenvalue weighted by molar-refractivity contribution is 5.84. The number of halogens is 10. The number of aromatic nitrogens is 4. The van der Waals surface area contributed by atoms with Crippen molar-refractivity contribution in [1.29, 1.82) is 0 Å². The van der Waals surface area contributed by atoms with Gasteiger partial charge in [-0.3, -0.25) is 4.98 Å². The summed E-state index contributed by atoms with van der Waals surface area (Å²) in [5, 5.41) is 0. The van der Waals surface area contributed by atoms with Crippen molar-refractivity contribution in [1.82, 2.24) is 19.9 Å². The van der Waals surface area contributed by atoms with Gasteiger partial charge in [0.2, 0.25) is 11.6 Å². The first kappa shape index (κ1) is 32.5.